The number of hydrogen-bond acceptors (Lipinski definition) is 2. The summed E-state index contributed by atoms with van der Waals surface area (Å²) in [6.07, 6.45) is 0. The molecule has 0 unspecified atom stereocenters. The number of para-hydroxylation sites is 1. The molecule has 0 bridgehead atoms. The van der Waals surface area contributed by atoms with Gasteiger partial charge in [0.1, 0.15) is 11.2 Å². The van der Waals surface area contributed by atoms with Gasteiger partial charge in [-0.15, -0.1) is 0 Å². The van der Waals surface area contributed by atoms with E-state index in [2.05, 4.69) is 126 Å². The number of benzene rings is 9. The van der Waals surface area contributed by atoms with E-state index in [4.69, 9.17) is 11.3 Å². The Morgan fingerprint density at radius 2 is 0.963 bits per heavy atom. The zero-order valence-corrected chi connectivity index (χ0v) is 29.2. The highest BCUT2D eigenvalue weighted by atomic mass is 16.3. The Balaban J connectivity index is 1.15. The summed E-state index contributed by atoms with van der Waals surface area (Å²) < 4.78 is 49.4. The van der Waals surface area contributed by atoms with Gasteiger partial charge in [0.2, 0.25) is 0 Å². The molecule has 10 rings (SSSR count). The van der Waals surface area contributed by atoms with Gasteiger partial charge in [-0.1, -0.05) is 158 Å². The van der Waals surface area contributed by atoms with Crippen LogP contribution in [0.25, 0.3) is 77.2 Å². The third-order valence-electron chi connectivity index (χ3n) is 10.1. The van der Waals surface area contributed by atoms with Crippen molar-refractivity contribution in [1.29, 1.82) is 0 Å². The van der Waals surface area contributed by atoms with Gasteiger partial charge in [-0.25, -0.2) is 0 Å². The largest absolute Gasteiger partial charge is 0.455 e. The first-order valence-corrected chi connectivity index (χ1v) is 18.0. The van der Waals surface area contributed by atoms with Crippen LogP contribution in [0.4, 0.5) is 17.1 Å². The molecule has 0 spiro atoms. The molecule has 0 atom stereocenters. The second-order valence-electron chi connectivity index (χ2n) is 13.3. The Morgan fingerprint density at radius 1 is 0.370 bits per heavy atom. The first kappa shape index (κ1) is 26.6. The molecule has 9 aromatic carbocycles. The molecule has 1 aromatic heterocycles. The van der Waals surface area contributed by atoms with E-state index in [1.165, 1.54) is 0 Å². The molecule has 0 saturated heterocycles. The van der Waals surface area contributed by atoms with Crippen LogP contribution in [0.15, 0.2) is 217 Å². The van der Waals surface area contributed by atoms with E-state index in [-0.39, 0.29) is 29.7 Å². The van der Waals surface area contributed by atoms with Crippen LogP contribution in [0, 0.1) is 0 Å². The Kier molecular flexibility index (Phi) is 6.61. The standard InChI is InChI=1S/C52H35NO/c1-5-16-36(17-6-1)40-32-41(37-18-7-2-8-19-37)34-44(33-40)53(42-22-11-4-12-23-42)43-30-28-39(29-31-43)45-26-15-27-50-51(45)49-35-48(38-20-9-3-10-21-38)46-24-13-14-25-47(46)52(49)54-50/h1-35H/i3D,9D,10D,20D,21D. The smallest absolute Gasteiger partial charge is 0.143 e. The average molecular weight is 695 g/mol. The molecule has 10 aromatic rings. The molecular weight excluding hydrogens is 655 g/mol. The minimum absolute atomic E-state index is 0.165. The van der Waals surface area contributed by atoms with Crippen LogP contribution in [0.1, 0.15) is 6.85 Å². The van der Waals surface area contributed by atoms with Crippen LogP contribution in [-0.2, 0) is 0 Å². The van der Waals surface area contributed by atoms with Crippen LogP contribution >= 0.6 is 0 Å². The van der Waals surface area contributed by atoms with Crippen molar-refractivity contribution in [2.45, 2.75) is 0 Å². The van der Waals surface area contributed by atoms with E-state index in [9.17, 15) is 0 Å². The second-order valence-corrected chi connectivity index (χ2v) is 13.3. The number of nitrogens with zero attached hydrogens (tertiary/aromatic N) is 1. The normalized spacial score (nSPS) is 12.6. The number of fused-ring (bicyclic) bond motifs is 5. The maximum absolute atomic E-state index is 8.85. The molecule has 0 amide bonds. The maximum atomic E-state index is 8.85. The van der Waals surface area contributed by atoms with Crippen LogP contribution in [0.3, 0.4) is 0 Å². The molecule has 0 aliphatic carbocycles. The van der Waals surface area contributed by atoms with Crippen molar-refractivity contribution in [2.24, 2.45) is 0 Å². The van der Waals surface area contributed by atoms with Crippen molar-refractivity contribution in [1.82, 2.24) is 0 Å². The molecule has 0 radical (unpaired) electrons. The summed E-state index contributed by atoms with van der Waals surface area (Å²) in [6, 6.07) is 60.7. The van der Waals surface area contributed by atoms with Crippen molar-refractivity contribution in [2.75, 3.05) is 4.90 Å². The SMILES string of the molecule is [2H]c1c([2H])c([2H])c(-c2cc3c(oc4cccc(-c5ccc(N(c6ccccc6)c6cc(-c7ccccc7)cc(-c7ccccc7)c6)cc5)c43)c3ccccc23)c([2H])c1[2H]. The lowest BCUT2D eigenvalue weighted by atomic mass is 9.93. The second kappa shape index (κ2) is 13.4. The third-order valence-corrected chi connectivity index (χ3v) is 10.1. The monoisotopic (exact) mass is 694 g/mol. The molecule has 0 aliphatic rings. The molecule has 0 saturated carbocycles. The van der Waals surface area contributed by atoms with Gasteiger partial charge in [-0.3, -0.25) is 0 Å². The average Bonchev–Trinajstić information content (AvgIpc) is 3.68. The molecular formula is C52H35NO. The van der Waals surface area contributed by atoms with Gasteiger partial charge in [0, 0.05) is 33.2 Å². The molecule has 254 valence electrons. The van der Waals surface area contributed by atoms with Gasteiger partial charge in [0.25, 0.3) is 0 Å². The predicted octanol–water partition coefficient (Wildman–Crippen LogP) is 14.9. The Labute approximate surface area is 321 Å². The fourth-order valence-electron chi connectivity index (χ4n) is 7.63. The summed E-state index contributed by atoms with van der Waals surface area (Å²) in [5.41, 5.74) is 11.6. The van der Waals surface area contributed by atoms with Crippen molar-refractivity contribution in [3.8, 4) is 44.5 Å². The van der Waals surface area contributed by atoms with Crippen LogP contribution in [0.5, 0.6) is 0 Å². The fourth-order valence-corrected chi connectivity index (χ4v) is 7.63. The lowest BCUT2D eigenvalue weighted by Crippen LogP contribution is -2.10. The fraction of sp³-hybridized carbons (Fsp3) is 0. The van der Waals surface area contributed by atoms with Gasteiger partial charge < -0.3 is 9.32 Å². The molecule has 2 heteroatoms. The summed E-state index contributed by atoms with van der Waals surface area (Å²) in [4.78, 5) is 2.29. The highest BCUT2D eigenvalue weighted by Gasteiger charge is 2.19. The molecule has 0 aliphatic heterocycles. The Bertz CT molecular complexity index is 3110. The highest BCUT2D eigenvalue weighted by Crippen LogP contribution is 2.44. The molecule has 54 heavy (non-hydrogen) atoms. The maximum Gasteiger partial charge on any atom is 0.143 e. The number of anilines is 3. The summed E-state index contributed by atoms with van der Waals surface area (Å²) in [7, 11) is 0. The van der Waals surface area contributed by atoms with E-state index < -0.39 is 6.04 Å². The van der Waals surface area contributed by atoms with E-state index in [0.29, 0.717) is 16.7 Å². The lowest BCUT2D eigenvalue weighted by Gasteiger charge is -2.27. The molecule has 1 heterocycles. The summed E-state index contributed by atoms with van der Waals surface area (Å²) in [5.74, 6) is 0. The van der Waals surface area contributed by atoms with E-state index in [1.54, 1.807) is 0 Å². The summed E-state index contributed by atoms with van der Waals surface area (Å²) in [6.45, 7) is 0. The van der Waals surface area contributed by atoms with Gasteiger partial charge in [-0.2, -0.15) is 0 Å². The van der Waals surface area contributed by atoms with Crippen molar-refractivity contribution < 1.29 is 11.3 Å². The van der Waals surface area contributed by atoms with Gasteiger partial charge in [-0.05, 0) is 104 Å². The van der Waals surface area contributed by atoms with E-state index in [1.807, 2.05) is 60.7 Å². The highest BCUT2D eigenvalue weighted by molar-refractivity contribution is 6.22. The number of rotatable bonds is 7. The van der Waals surface area contributed by atoms with Gasteiger partial charge >= 0.3 is 0 Å². The minimum atomic E-state index is -0.417. The third kappa shape index (κ3) is 5.62. The minimum Gasteiger partial charge on any atom is -0.455 e. The topological polar surface area (TPSA) is 16.4 Å². The molecule has 0 N–H and O–H groups in total. The van der Waals surface area contributed by atoms with Gasteiger partial charge in [0.15, 0.2) is 0 Å². The molecule has 2 nitrogen and oxygen atoms in total. The summed E-state index contributed by atoms with van der Waals surface area (Å²) >= 11 is 0. The first-order valence-electron chi connectivity index (χ1n) is 20.5. The van der Waals surface area contributed by atoms with E-state index in [0.717, 1.165) is 72.0 Å². The predicted molar refractivity (Wildman–Crippen MR) is 228 cm³/mol. The van der Waals surface area contributed by atoms with Crippen LogP contribution in [0.2, 0.25) is 0 Å². The zero-order valence-electron chi connectivity index (χ0n) is 34.2. The first-order chi connectivity index (χ1) is 28.9. The van der Waals surface area contributed by atoms with Crippen molar-refractivity contribution >= 4 is 49.8 Å². The number of hydrogen-bond donors (Lipinski definition) is 0. The quantitative estimate of drug-likeness (QED) is 0.165. The Hall–Kier alpha value is -7.16. The Morgan fingerprint density at radius 3 is 1.63 bits per heavy atom. The summed E-state index contributed by atoms with van der Waals surface area (Å²) in [5, 5.41) is 3.24. The van der Waals surface area contributed by atoms with Crippen LogP contribution < -0.4 is 4.90 Å². The molecule has 0 fully saturated rings. The van der Waals surface area contributed by atoms with Crippen molar-refractivity contribution in [3.05, 3.63) is 212 Å². The van der Waals surface area contributed by atoms with Gasteiger partial charge in [0.05, 0.1) is 6.85 Å². The van der Waals surface area contributed by atoms with E-state index >= 15 is 0 Å². The van der Waals surface area contributed by atoms with Crippen molar-refractivity contribution in [3.63, 3.8) is 0 Å². The zero-order chi connectivity index (χ0) is 40.2. The number of furan rings is 1. The lowest BCUT2D eigenvalue weighted by molar-refractivity contribution is 0.673. The van der Waals surface area contributed by atoms with Crippen LogP contribution in [-0.4, -0.2) is 0 Å².